The summed E-state index contributed by atoms with van der Waals surface area (Å²) in [5.41, 5.74) is 8.62. The molecular weight excluding hydrogens is 536 g/mol. The van der Waals surface area contributed by atoms with Gasteiger partial charge in [-0.2, -0.15) is 13.2 Å². The summed E-state index contributed by atoms with van der Waals surface area (Å²) >= 11 is 0. The quantitative estimate of drug-likeness (QED) is 0.282. The van der Waals surface area contributed by atoms with Gasteiger partial charge in [-0.1, -0.05) is 51.1 Å². The second-order valence-corrected chi connectivity index (χ2v) is 13.9. The average Bonchev–Trinajstić information content (AvgIpc) is 3.65. The number of halogens is 4. The van der Waals surface area contributed by atoms with Crippen LogP contribution in [0, 0.1) is 11.7 Å². The molecule has 2 aromatic rings. The van der Waals surface area contributed by atoms with E-state index >= 15 is 0 Å². The molecule has 3 N–H and O–H groups in total. The Morgan fingerprint density at radius 1 is 1.08 bits per heavy atom. The predicted octanol–water partition coefficient (Wildman–Crippen LogP) is 4.80. The summed E-state index contributed by atoms with van der Waals surface area (Å²) in [6, 6.07) is 9.33. The fourth-order valence-corrected chi connectivity index (χ4v) is 7.10. The van der Waals surface area contributed by atoms with Gasteiger partial charge in [0.1, 0.15) is 11.9 Å². The lowest BCUT2D eigenvalue weighted by atomic mass is 9.86. The second-order valence-electron chi connectivity index (χ2n) is 11.7. The summed E-state index contributed by atoms with van der Waals surface area (Å²) in [5, 5.41) is 3.04. The van der Waals surface area contributed by atoms with E-state index in [1.807, 2.05) is 45.0 Å². The molecule has 0 bridgehead atoms. The number of rotatable bonds is 7. The number of nitrogens with one attached hydrogen (secondary N) is 1. The first-order valence-corrected chi connectivity index (χ1v) is 14.7. The zero-order valence-corrected chi connectivity index (χ0v) is 23.0. The number of alkyl halides is 3. The van der Waals surface area contributed by atoms with E-state index in [4.69, 9.17) is 10.5 Å². The number of nitrogen functional groups attached to an aromatic ring is 1. The van der Waals surface area contributed by atoms with Gasteiger partial charge in [0.2, 0.25) is 0 Å². The lowest BCUT2D eigenvalue weighted by Crippen LogP contribution is -2.57. The van der Waals surface area contributed by atoms with E-state index in [1.165, 1.54) is 6.07 Å². The number of ether oxygens (including phenoxy) is 1. The molecule has 0 amide bonds. The number of benzene rings is 2. The Kier molecular flexibility index (Phi) is 8.06. The molecule has 0 radical (unpaired) electrons. The minimum absolute atomic E-state index is 0.0228. The maximum Gasteiger partial charge on any atom is 0.490 e. The Morgan fingerprint density at radius 3 is 2.38 bits per heavy atom. The number of hydrogen-bond acceptors (Lipinski definition) is 6. The molecule has 11 heteroatoms. The van der Waals surface area contributed by atoms with Crippen LogP contribution >= 0.6 is 0 Å². The largest absolute Gasteiger partial charge is 0.490 e. The van der Waals surface area contributed by atoms with E-state index in [0.29, 0.717) is 11.1 Å². The molecule has 2 aliphatic rings. The summed E-state index contributed by atoms with van der Waals surface area (Å²) in [4.78, 5) is 11.9. The fraction of sp³-hybridized carbons (Fsp3) is 0.536. The number of hydrogen-bond donors (Lipinski definition) is 2. The summed E-state index contributed by atoms with van der Waals surface area (Å²) in [6.45, 7) is 6.27. The molecule has 6 nitrogen and oxygen atoms in total. The molecule has 0 spiro atoms. The van der Waals surface area contributed by atoms with Crippen LogP contribution in [0.5, 0.6) is 0 Å². The SMILES string of the molecule is CC(C)(C)c1cccc(CN[C@H]2CS(=O)(=O)C[C@@H](Cc3cc(F)c(N)c(C4CC4)c3)[C@@H]2OC(=O)C(F)(F)F)c1. The van der Waals surface area contributed by atoms with Crippen molar-refractivity contribution in [2.75, 3.05) is 17.2 Å². The zero-order chi connectivity index (χ0) is 28.8. The van der Waals surface area contributed by atoms with Crippen LogP contribution in [0.2, 0.25) is 0 Å². The number of esters is 1. The van der Waals surface area contributed by atoms with Crippen molar-refractivity contribution < 1.29 is 35.5 Å². The third kappa shape index (κ3) is 7.30. The lowest BCUT2D eigenvalue weighted by Gasteiger charge is -2.38. The van der Waals surface area contributed by atoms with Gasteiger partial charge in [0.15, 0.2) is 9.84 Å². The molecular formula is C28H34F4N2O4S. The normalized spacial score (nSPS) is 23.4. The van der Waals surface area contributed by atoms with Gasteiger partial charge in [0.25, 0.3) is 0 Å². The lowest BCUT2D eigenvalue weighted by molar-refractivity contribution is -0.208. The molecule has 0 unspecified atom stereocenters. The Balaban J connectivity index is 1.63. The predicted molar refractivity (Wildman–Crippen MR) is 140 cm³/mol. The number of carbonyl (C=O) groups is 1. The fourth-order valence-electron chi connectivity index (χ4n) is 5.15. The van der Waals surface area contributed by atoms with Gasteiger partial charge in [0.05, 0.1) is 23.2 Å². The first-order valence-electron chi connectivity index (χ1n) is 12.9. The van der Waals surface area contributed by atoms with E-state index in [9.17, 15) is 30.8 Å². The highest BCUT2D eigenvalue weighted by Crippen LogP contribution is 2.44. The topological polar surface area (TPSA) is 98.5 Å². The second kappa shape index (κ2) is 10.7. The van der Waals surface area contributed by atoms with Gasteiger partial charge in [0, 0.05) is 12.5 Å². The number of sulfone groups is 1. The molecule has 2 aromatic carbocycles. The van der Waals surface area contributed by atoms with Gasteiger partial charge >= 0.3 is 12.1 Å². The van der Waals surface area contributed by atoms with Crippen molar-refractivity contribution >= 4 is 21.5 Å². The molecule has 4 rings (SSSR count). The van der Waals surface area contributed by atoms with Crippen LogP contribution in [-0.4, -0.2) is 44.2 Å². The van der Waals surface area contributed by atoms with Crippen molar-refractivity contribution in [3.8, 4) is 0 Å². The molecule has 0 aromatic heterocycles. The van der Waals surface area contributed by atoms with Crippen LogP contribution in [0.25, 0.3) is 0 Å². The van der Waals surface area contributed by atoms with Crippen LogP contribution in [-0.2, 0) is 37.7 Å². The third-order valence-corrected chi connectivity index (χ3v) is 9.14. The van der Waals surface area contributed by atoms with Crippen LogP contribution in [0.1, 0.15) is 61.8 Å². The first kappa shape index (κ1) is 29.3. The van der Waals surface area contributed by atoms with Crippen molar-refractivity contribution in [2.24, 2.45) is 5.92 Å². The van der Waals surface area contributed by atoms with Gasteiger partial charge in [-0.25, -0.2) is 17.6 Å². The highest BCUT2D eigenvalue weighted by Gasteiger charge is 2.48. The maximum absolute atomic E-state index is 14.6. The molecule has 1 heterocycles. The standard InChI is InChI=1S/C28H34F4N2O4S/c1-27(2,3)20-6-4-5-16(10-20)13-34-23-15-39(36,37)14-19(25(23)38-26(35)28(30,31)32)9-17-11-21(18-7-8-18)24(33)22(29)12-17/h4-6,10-12,18-19,23,25,34H,7-9,13-15,33H2,1-3H3/t19-,23+,25+/m1/s1. The minimum Gasteiger partial charge on any atom is -0.454 e. The van der Waals surface area contributed by atoms with Crippen molar-refractivity contribution in [3.63, 3.8) is 0 Å². The van der Waals surface area contributed by atoms with Gasteiger partial charge in [-0.15, -0.1) is 0 Å². The third-order valence-electron chi connectivity index (χ3n) is 7.34. The van der Waals surface area contributed by atoms with Gasteiger partial charge < -0.3 is 15.8 Å². The molecule has 1 saturated heterocycles. The van der Waals surface area contributed by atoms with E-state index in [2.05, 4.69) is 5.32 Å². The van der Waals surface area contributed by atoms with Crippen molar-refractivity contribution in [3.05, 3.63) is 64.5 Å². The molecule has 3 atom stereocenters. The van der Waals surface area contributed by atoms with E-state index in [0.717, 1.165) is 24.0 Å². The molecule has 214 valence electrons. The molecule has 1 aliphatic heterocycles. The van der Waals surface area contributed by atoms with Crippen molar-refractivity contribution in [2.45, 2.75) is 76.2 Å². The minimum atomic E-state index is -5.25. The summed E-state index contributed by atoms with van der Waals surface area (Å²) in [5.74, 6) is -4.96. The van der Waals surface area contributed by atoms with E-state index in [-0.39, 0.29) is 30.0 Å². The molecule has 1 saturated carbocycles. The van der Waals surface area contributed by atoms with Crippen LogP contribution < -0.4 is 11.1 Å². The highest BCUT2D eigenvalue weighted by atomic mass is 32.2. The highest BCUT2D eigenvalue weighted by molar-refractivity contribution is 7.91. The monoisotopic (exact) mass is 570 g/mol. The van der Waals surface area contributed by atoms with Crippen LogP contribution in [0.15, 0.2) is 36.4 Å². The molecule has 39 heavy (non-hydrogen) atoms. The Hall–Kier alpha value is -2.66. The first-order chi connectivity index (χ1) is 18.0. The summed E-state index contributed by atoms with van der Waals surface area (Å²) in [7, 11) is -3.73. The molecule has 1 aliphatic carbocycles. The summed E-state index contributed by atoms with van der Waals surface area (Å²) < 4.78 is 85.0. The van der Waals surface area contributed by atoms with E-state index in [1.54, 1.807) is 6.07 Å². The van der Waals surface area contributed by atoms with Crippen molar-refractivity contribution in [1.82, 2.24) is 5.32 Å². The van der Waals surface area contributed by atoms with Crippen molar-refractivity contribution in [1.29, 1.82) is 0 Å². The van der Waals surface area contributed by atoms with Gasteiger partial charge in [-0.3, -0.25) is 0 Å². The van der Waals surface area contributed by atoms with Crippen LogP contribution in [0.4, 0.5) is 23.2 Å². The molecule has 2 fully saturated rings. The zero-order valence-electron chi connectivity index (χ0n) is 22.1. The summed E-state index contributed by atoms with van der Waals surface area (Å²) in [6.07, 6.45) is -5.06. The number of carbonyl (C=O) groups excluding carboxylic acids is 1. The smallest absolute Gasteiger partial charge is 0.454 e. The number of anilines is 1. The average molecular weight is 571 g/mol. The Morgan fingerprint density at radius 2 is 1.77 bits per heavy atom. The maximum atomic E-state index is 14.6. The van der Waals surface area contributed by atoms with Crippen LogP contribution in [0.3, 0.4) is 0 Å². The number of nitrogens with two attached hydrogens (primary N) is 1. The Labute approximate surface area is 226 Å². The Bertz CT molecular complexity index is 1330. The van der Waals surface area contributed by atoms with Gasteiger partial charge in [-0.05, 0) is 58.9 Å². The van der Waals surface area contributed by atoms with E-state index < -0.39 is 57.4 Å².